The van der Waals surface area contributed by atoms with Gasteiger partial charge in [-0.25, -0.2) is 9.97 Å². The molecule has 4 rings (SSSR count). The van der Waals surface area contributed by atoms with Crippen LogP contribution in [0.1, 0.15) is 49.1 Å². The Morgan fingerprint density at radius 2 is 1.78 bits per heavy atom. The molecule has 0 unspecified atom stereocenters. The molecular formula is C23H32N4. The van der Waals surface area contributed by atoms with Crippen LogP contribution in [-0.4, -0.2) is 53.0 Å². The van der Waals surface area contributed by atoms with E-state index in [-0.39, 0.29) is 0 Å². The Labute approximate surface area is 163 Å². The molecule has 27 heavy (non-hydrogen) atoms. The molecule has 144 valence electrons. The predicted octanol–water partition coefficient (Wildman–Crippen LogP) is 3.74. The number of likely N-dealkylation sites (tertiary alicyclic amines) is 2. The number of rotatable bonds is 4. The summed E-state index contributed by atoms with van der Waals surface area (Å²) >= 11 is 0. The second-order valence-corrected chi connectivity index (χ2v) is 8.65. The van der Waals surface area contributed by atoms with E-state index in [0.29, 0.717) is 11.3 Å². The van der Waals surface area contributed by atoms with E-state index in [1.54, 1.807) is 0 Å². The van der Waals surface area contributed by atoms with Crippen molar-refractivity contribution in [3.05, 3.63) is 59.7 Å². The average molecular weight is 365 g/mol. The minimum absolute atomic E-state index is 0.479. The Morgan fingerprint density at radius 3 is 2.44 bits per heavy atom. The van der Waals surface area contributed by atoms with Crippen LogP contribution in [0.25, 0.3) is 0 Å². The number of aryl methyl sites for hydroxylation is 1. The van der Waals surface area contributed by atoms with Crippen molar-refractivity contribution in [2.24, 2.45) is 5.41 Å². The summed E-state index contributed by atoms with van der Waals surface area (Å²) < 4.78 is 0. The zero-order valence-corrected chi connectivity index (χ0v) is 16.8. The molecule has 0 bridgehead atoms. The molecule has 3 heterocycles. The van der Waals surface area contributed by atoms with Gasteiger partial charge in [0.25, 0.3) is 0 Å². The number of hydrogen-bond acceptors (Lipinski definition) is 4. The highest BCUT2D eigenvalue weighted by Gasteiger charge is 2.41. The van der Waals surface area contributed by atoms with Gasteiger partial charge >= 0.3 is 0 Å². The summed E-state index contributed by atoms with van der Waals surface area (Å²) in [7, 11) is 2.30. The highest BCUT2D eigenvalue weighted by Crippen LogP contribution is 2.44. The first-order valence-electron chi connectivity index (χ1n) is 10.4. The number of likely N-dealkylation sites (N-methyl/N-ethyl adjacent to an activating group) is 1. The van der Waals surface area contributed by atoms with Gasteiger partial charge in [0.05, 0.1) is 0 Å². The normalized spacial score (nSPS) is 23.6. The van der Waals surface area contributed by atoms with Crippen LogP contribution in [0.15, 0.2) is 42.7 Å². The number of piperidine rings is 2. The smallest absolute Gasteiger partial charge is 0.127 e. The molecule has 0 saturated carbocycles. The summed E-state index contributed by atoms with van der Waals surface area (Å²) in [5.74, 6) is 1.61. The molecule has 0 radical (unpaired) electrons. The lowest BCUT2D eigenvalue weighted by atomic mass is 9.68. The molecule has 4 nitrogen and oxygen atoms in total. The molecule has 0 N–H and O–H groups in total. The van der Waals surface area contributed by atoms with E-state index in [4.69, 9.17) is 0 Å². The molecule has 2 saturated heterocycles. The zero-order valence-electron chi connectivity index (χ0n) is 16.8. The molecule has 1 atom stereocenters. The fraction of sp³-hybridized carbons (Fsp3) is 0.565. The van der Waals surface area contributed by atoms with E-state index >= 15 is 0 Å². The molecule has 0 aliphatic carbocycles. The van der Waals surface area contributed by atoms with Gasteiger partial charge in [-0.05, 0) is 56.3 Å². The van der Waals surface area contributed by atoms with Crippen LogP contribution in [0.4, 0.5) is 0 Å². The van der Waals surface area contributed by atoms with Crippen LogP contribution in [0.3, 0.4) is 0 Å². The van der Waals surface area contributed by atoms with Crippen molar-refractivity contribution in [3.63, 3.8) is 0 Å². The lowest BCUT2D eigenvalue weighted by Gasteiger charge is -2.49. The second-order valence-electron chi connectivity index (χ2n) is 8.65. The maximum absolute atomic E-state index is 4.46. The van der Waals surface area contributed by atoms with E-state index in [1.165, 1.54) is 56.6 Å². The van der Waals surface area contributed by atoms with Crippen LogP contribution in [0, 0.1) is 5.41 Å². The molecule has 2 aliphatic heterocycles. The third-order valence-electron chi connectivity index (χ3n) is 6.49. The lowest BCUT2D eigenvalue weighted by molar-refractivity contribution is 0.0218. The quantitative estimate of drug-likeness (QED) is 0.827. The first-order chi connectivity index (χ1) is 13.2. The summed E-state index contributed by atoms with van der Waals surface area (Å²) in [6.07, 6.45) is 8.86. The molecule has 4 heteroatoms. The van der Waals surface area contributed by atoms with Gasteiger partial charge in [0.15, 0.2) is 0 Å². The van der Waals surface area contributed by atoms with E-state index in [1.807, 2.05) is 12.4 Å². The van der Waals surface area contributed by atoms with Gasteiger partial charge < -0.3 is 4.90 Å². The number of nitrogens with zero attached hydrogens (tertiary/aromatic N) is 4. The van der Waals surface area contributed by atoms with Crippen LogP contribution in [-0.2, 0) is 13.0 Å². The summed E-state index contributed by atoms with van der Waals surface area (Å²) in [5, 5.41) is 0. The molecule has 2 aliphatic rings. The van der Waals surface area contributed by atoms with E-state index in [9.17, 15) is 0 Å². The fourth-order valence-corrected chi connectivity index (χ4v) is 5.07. The van der Waals surface area contributed by atoms with Crippen molar-refractivity contribution in [2.45, 2.75) is 45.1 Å². The molecular weight excluding hydrogens is 332 g/mol. The molecule has 1 aromatic carbocycles. The SMILES string of the molecule is CCc1ncc(CN2CCC3(CC2)C[C@H](c2ccccc2)CN(C)C3)cn1. The van der Waals surface area contributed by atoms with Gasteiger partial charge in [-0.1, -0.05) is 37.3 Å². The molecule has 1 aromatic heterocycles. The Balaban J connectivity index is 1.38. The van der Waals surface area contributed by atoms with Gasteiger partial charge in [-0.3, -0.25) is 4.90 Å². The van der Waals surface area contributed by atoms with Crippen molar-refractivity contribution in [1.82, 2.24) is 19.8 Å². The topological polar surface area (TPSA) is 32.3 Å². The summed E-state index contributed by atoms with van der Waals surface area (Å²) in [6, 6.07) is 11.1. The van der Waals surface area contributed by atoms with Crippen LogP contribution >= 0.6 is 0 Å². The largest absolute Gasteiger partial charge is 0.305 e. The van der Waals surface area contributed by atoms with Crippen molar-refractivity contribution >= 4 is 0 Å². The lowest BCUT2D eigenvalue weighted by Crippen LogP contribution is -2.50. The van der Waals surface area contributed by atoms with E-state index in [0.717, 1.165) is 18.8 Å². The van der Waals surface area contributed by atoms with Gasteiger partial charge in [0.2, 0.25) is 0 Å². The maximum atomic E-state index is 4.46. The molecule has 2 fully saturated rings. The van der Waals surface area contributed by atoms with Gasteiger partial charge in [0, 0.05) is 44.0 Å². The van der Waals surface area contributed by atoms with Gasteiger partial charge in [0.1, 0.15) is 5.82 Å². The van der Waals surface area contributed by atoms with Gasteiger partial charge in [-0.15, -0.1) is 0 Å². The maximum Gasteiger partial charge on any atom is 0.127 e. The van der Waals surface area contributed by atoms with Crippen LogP contribution in [0.5, 0.6) is 0 Å². The van der Waals surface area contributed by atoms with Crippen molar-refractivity contribution in [1.29, 1.82) is 0 Å². The van der Waals surface area contributed by atoms with Crippen LogP contribution in [0.2, 0.25) is 0 Å². The van der Waals surface area contributed by atoms with Crippen molar-refractivity contribution in [3.8, 4) is 0 Å². The van der Waals surface area contributed by atoms with Gasteiger partial charge in [-0.2, -0.15) is 0 Å². The predicted molar refractivity (Wildman–Crippen MR) is 110 cm³/mol. The first kappa shape index (κ1) is 18.6. The minimum Gasteiger partial charge on any atom is -0.305 e. The summed E-state index contributed by atoms with van der Waals surface area (Å²) in [4.78, 5) is 14.1. The fourth-order valence-electron chi connectivity index (χ4n) is 5.07. The Bertz CT molecular complexity index is 720. The second kappa shape index (κ2) is 8.07. The number of aromatic nitrogens is 2. The monoisotopic (exact) mass is 364 g/mol. The average Bonchev–Trinajstić information content (AvgIpc) is 2.71. The van der Waals surface area contributed by atoms with E-state index in [2.05, 4.69) is 64.1 Å². The number of benzene rings is 1. The molecule has 2 aromatic rings. The van der Waals surface area contributed by atoms with E-state index < -0.39 is 0 Å². The highest BCUT2D eigenvalue weighted by molar-refractivity contribution is 5.21. The Hall–Kier alpha value is -1.78. The molecule has 0 amide bonds. The molecule has 1 spiro atoms. The summed E-state index contributed by atoms with van der Waals surface area (Å²) in [6.45, 7) is 7.89. The standard InChI is InChI=1S/C23H32N4/c1-3-22-24-14-19(15-25-22)16-27-11-9-23(10-12-27)13-21(17-26(2)18-23)20-7-5-4-6-8-20/h4-8,14-15,21H,3,9-13,16-18H2,1-2H3/t21-/m0/s1. The van der Waals surface area contributed by atoms with Crippen molar-refractivity contribution < 1.29 is 0 Å². The number of hydrogen-bond donors (Lipinski definition) is 0. The third-order valence-corrected chi connectivity index (χ3v) is 6.49. The first-order valence-corrected chi connectivity index (χ1v) is 10.4. The van der Waals surface area contributed by atoms with Crippen LogP contribution < -0.4 is 0 Å². The minimum atomic E-state index is 0.479. The van der Waals surface area contributed by atoms with Crippen molar-refractivity contribution in [2.75, 3.05) is 33.2 Å². The zero-order chi connectivity index (χ0) is 18.7. The summed E-state index contributed by atoms with van der Waals surface area (Å²) in [5.41, 5.74) is 3.23. The highest BCUT2D eigenvalue weighted by atomic mass is 15.2. The Morgan fingerprint density at radius 1 is 1.07 bits per heavy atom. The third kappa shape index (κ3) is 4.39. The Kier molecular flexibility index (Phi) is 5.55.